The zero-order valence-electron chi connectivity index (χ0n) is 66.6. The van der Waals surface area contributed by atoms with E-state index in [-0.39, 0.29) is 21.7 Å². The molecule has 0 unspecified atom stereocenters. The zero-order valence-corrected chi connectivity index (χ0v) is 66.6. The molecule has 0 amide bonds. The second-order valence-corrected chi connectivity index (χ2v) is 34.9. The average Bonchev–Trinajstić information content (AvgIpc) is 0.743. The molecule has 2 aromatic heterocycles. The number of fused-ring (bicyclic) bond motifs is 6. The van der Waals surface area contributed by atoms with Gasteiger partial charge in [0.2, 0.25) is 0 Å². The number of rotatable bonds is 10. The van der Waals surface area contributed by atoms with E-state index in [0.717, 1.165) is 11.4 Å². The summed E-state index contributed by atoms with van der Waals surface area (Å²) in [5, 5.41) is 15.4. The lowest BCUT2D eigenvalue weighted by Crippen LogP contribution is -2.11. The first kappa shape index (κ1) is 74.0. The van der Waals surface area contributed by atoms with Crippen LogP contribution in [0.4, 0.5) is 0 Å². The summed E-state index contributed by atoms with van der Waals surface area (Å²) in [6.07, 6.45) is 3.89. The van der Waals surface area contributed by atoms with E-state index in [9.17, 15) is 0 Å². The molecule has 2 nitrogen and oxygen atoms in total. The minimum atomic E-state index is 0.0561. The van der Waals surface area contributed by atoms with Crippen molar-refractivity contribution >= 4 is 64.6 Å². The van der Waals surface area contributed by atoms with Crippen LogP contribution >= 0.6 is 0 Å². The average molecular weight is 1390 g/mol. The van der Waals surface area contributed by atoms with E-state index in [1.54, 1.807) is 0 Å². The van der Waals surface area contributed by atoms with Crippen LogP contribution in [-0.2, 0) is 21.7 Å². The topological polar surface area (TPSA) is 25.8 Å². The Kier molecular flexibility index (Phi) is 20.7. The Labute approximate surface area is 633 Å². The van der Waals surface area contributed by atoms with Gasteiger partial charge in [-0.05, 0) is 223 Å². The third kappa shape index (κ3) is 15.0. The number of hydrogen-bond donors (Lipinski definition) is 0. The lowest BCUT2D eigenvalue weighted by molar-refractivity contribution is 0.589. The number of benzene rings is 13. The van der Waals surface area contributed by atoms with Crippen LogP contribution in [0.2, 0.25) is 0 Å². The van der Waals surface area contributed by atoms with Crippen LogP contribution in [0.5, 0.6) is 0 Å². The summed E-state index contributed by atoms with van der Waals surface area (Å²) in [7, 11) is 0. The van der Waals surface area contributed by atoms with Gasteiger partial charge in [-0.25, -0.2) is 0 Å². The summed E-state index contributed by atoms with van der Waals surface area (Å²) in [5.74, 6) is 1.94. The molecule has 534 valence electrons. The maximum absolute atomic E-state index is 4.86. The molecular weight excluding hydrogens is 1280 g/mol. The summed E-state index contributed by atoms with van der Waals surface area (Å²) >= 11 is 0. The van der Waals surface area contributed by atoms with E-state index in [2.05, 4.69) is 393 Å². The first-order valence-electron chi connectivity index (χ1n) is 38.7. The molecule has 0 radical (unpaired) electrons. The fourth-order valence-electron chi connectivity index (χ4n) is 15.5. The third-order valence-electron chi connectivity index (χ3n) is 21.8. The molecule has 106 heavy (non-hydrogen) atoms. The summed E-state index contributed by atoms with van der Waals surface area (Å²) in [6.45, 7) is 45.5. The molecule has 2 heterocycles. The first-order chi connectivity index (χ1) is 50.4. The van der Waals surface area contributed by atoms with Crippen LogP contribution in [0.3, 0.4) is 0 Å². The monoisotopic (exact) mass is 1380 g/mol. The van der Waals surface area contributed by atoms with Crippen molar-refractivity contribution < 1.29 is 0 Å². The van der Waals surface area contributed by atoms with E-state index in [4.69, 9.17) is 9.97 Å². The maximum atomic E-state index is 4.86. The van der Waals surface area contributed by atoms with Crippen molar-refractivity contribution in [1.82, 2.24) is 9.97 Å². The number of hydrogen-bond acceptors (Lipinski definition) is 2. The molecule has 2 heteroatoms. The third-order valence-corrected chi connectivity index (χ3v) is 21.8. The maximum Gasteiger partial charge on any atom is 0.0717 e. The van der Waals surface area contributed by atoms with Crippen LogP contribution < -0.4 is 0 Å². The minimum absolute atomic E-state index is 0.0561. The van der Waals surface area contributed by atoms with Gasteiger partial charge in [0.15, 0.2) is 0 Å². The Morgan fingerprint density at radius 1 is 0.198 bits per heavy atom. The Hall–Kier alpha value is -10.3. The van der Waals surface area contributed by atoms with Crippen LogP contribution in [0.15, 0.2) is 267 Å². The Morgan fingerprint density at radius 2 is 0.396 bits per heavy atom. The zero-order chi connectivity index (χ0) is 75.3. The highest BCUT2D eigenvalue weighted by Crippen LogP contribution is 2.49. The quantitative estimate of drug-likeness (QED) is 0.128. The highest BCUT2D eigenvalue weighted by Gasteiger charge is 2.26. The van der Waals surface area contributed by atoms with Crippen molar-refractivity contribution in [2.24, 2.45) is 0 Å². The fourth-order valence-corrected chi connectivity index (χ4v) is 15.5. The fraction of sp³-hybridized carbons (Fsp3) is 0.269. The van der Waals surface area contributed by atoms with E-state index in [1.165, 1.54) is 165 Å². The summed E-state index contributed by atoms with van der Waals surface area (Å²) < 4.78 is 0. The van der Waals surface area contributed by atoms with Gasteiger partial charge in [-0.3, -0.25) is 9.97 Å². The van der Waals surface area contributed by atoms with Crippen molar-refractivity contribution in [2.45, 2.75) is 184 Å². The Bertz CT molecular complexity index is 5150. The van der Waals surface area contributed by atoms with Crippen molar-refractivity contribution in [3.63, 3.8) is 0 Å². The summed E-state index contributed by atoms with van der Waals surface area (Å²) in [4.78, 5) is 9.71. The minimum Gasteiger partial charge on any atom is -0.256 e. The predicted molar refractivity (Wildman–Crippen MR) is 464 cm³/mol. The van der Waals surface area contributed by atoms with E-state index >= 15 is 0 Å². The van der Waals surface area contributed by atoms with E-state index < -0.39 is 0 Å². The van der Waals surface area contributed by atoms with Gasteiger partial charge >= 0.3 is 0 Å². The normalized spacial score (nSPS) is 12.3. The molecule has 0 bridgehead atoms. The Balaban J connectivity index is 0.000000141. The molecule has 0 aliphatic rings. The molecule has 0 spiro atoms. The lowest BCUT2D eigenvalue weighted by atomic mass is 9.82. The van der Waals surface area contributed by atoms with Gasteiger partial charge in [0.1, 0.15) is 0 Å². The molecule has 13 aromatic carbocycles. The van der Waals surface area contributed by atoms with E-state index in [1.807, 2.05) is 12.4 Å². The number of aromatic nitrogens is 2. The molecule has 15 rings (SSSR count). The lowest BCUT2D eigenvalue weighted by Gasteiger charge is -2.22. The van der Waals surface area contributed by atoms with Gasteiger partial charge in [-0.2, -0.15) is 0 Å². The van der Waals surface area contributed by atoms with Gasteiger partial charge in [0, 0.05) is 23.5 Å². The molecule has 0 N–H and O–H groups in total. The standard InChI is InChI=1S/C38H42.C34H34.C32H32N2/c1-23(2)27-17-28(24(3)4)20-31(19-27)37-33-13-9-11-15-35(33)38(36-16-12-10-14-34(36)37)32-21-29(25(5)6)18-30(22-32)26(7)8;1-33(2,3)25-19-15-23(16-20-25)31-27-11-7-9-13-29(27)32(30-14-10-8-12-28(30)31)24-17-21-26(22-18-24)34(4,5)6;1-31(2,3)21-15-17-33-27(19-21)29-23-11-7-9-13-25(23)30(26-14-10-8-12-24(26)29)28-20-22(16-18-34-28)32(4,5)6/h9-26H,1-8H3;7-22H,1-6H3;7-20H,1-6H3. The van der Waals surface area contributed by atoms with E-state index in [0.29, 0.717) is 23.7 Å². The molecule has 0 fully saturated rings. The molecular formula is C104H108N2. The smallest absolute Gasteiger partial charge is 0.0717 e. The highest BCUT2D eigenvalue weighted by molar-refractivity contribution is 6.24. The van der Waals surface area contributed by atoms with Crippen molar-refractivity contribution in [3.8, 4) is 67.0 Å². The summed E-state index contributed by atoms with van der Waals surface area (Å²) in [5.41, 5.74) is 26.3. The SMILES string of the molecule is CC(C)(C)c1ccc(-c2c3ccccc3c(-c3ccc(C(C)(C)C)cc3)c3ccccc23)cc1.CC(C)(C)c1ccnc(-c2c3ccccc3c(-c3cc(C(C)(C)C)ccn3)c3ccccc23)c1.CC(C)c1cc(-c2c3ccccc3c(-c3cc(C(C)C)cc(C(C)C)c3)c3ccccc23)cc(C(C)C)c1. The van der Waals surface area contributed by atoms with Gasteiger partial charge in [0.05, 0.1) is 11.4 Å². The number of pyridine rings is 2. The van der Waals surface area contributed by atoms with Crippen molar-refractivity contribution in [2.75, 3.05) is 0 Å². The largest absolute Gasteiger partial charge is 0.256 e. The van der Waals surface area contributed by atoms with Gasteiger partial charge in [-0.1, -0.05) is 369 Å². The van der Waals surface area contributed by atoms with Crippen LogP contribution in [-0.4, -0.2) is 9.97 Å². The molecule has 15 aromatic rings. The molecule has 0 saturated carbocycles. The number of nitrogens with zero attached hydrogens (tertiary/aromatic N) is 2. The van der Waals surface area contributed by atoms with Crippen LogP contribution in [0, 0.1) is 0 Å². The summed E-state index contributed by atoms with van der Waals surface area (Å²) in [6, 6.07) is 94.9. The highest BCUT2D eigenvalue weighted by atomic mass is 14.7. The van der Waals surface area contributed by atoms with Gasteiger partial charge < -0.3 is 0 Å². The van der Waals surface area contributed by atoms with Crippen molar-refractivity contribution in [1.29, 1.82) is 0 Å². The van der Waals surface area contributed by atoms with Crippen molar-refractivity contribution in [3.05, 3.63) is 312 Å². The second-order valence-electron chi connectivity index (χ2n) is 34.9. The predicted octanol–water partition coefficient (Wildman–Crippen LogP) is 30.5. The molecule has 0 atom stereocenters. The van der Waals surface area contributed by atoms with Crippen LogP contribution in [0.25, 0.3) is 132 Å². The second kappa shape index (κ2) is 29.6. The Morgan fingerprint density at radius 3 is 0.594 bits per heavy atom. The first-order valence-corrected chi connectivity index (χ1v) is 38.7. The molecule has 0 saturated heterocycles. The van der Waals surface area contributed by atoms with Gasteiger partial charge in [-0.15, -0.1) is 0 Å². The molecule has 0 aliphatic carbocycles. The van der Waals surface area contributed by atoms with Gasteiger partial charge in [0.25, 0.3) is 0 Å². The van der Waals surface area contributed by atoms with Crippen LogP contribution in [0.1, 0.15) is 207 Å². The molecule has 0 aliphatic heterocycles.